The third kappa shape index (κ3) is 5.14. The Kier molecular flexibility index (Phi) is 6.30. The van der Waals surface area contributed by atoms with Crippen LogP contribution in [0.25, 0.3) is 0 Å². The summed E-state index contributed by atoms with van der Waals surface area (Å²) in [6.07, 6.45) is 1.33. The molecule has 0 aliphatic rings. The van der Waals surface area contributed by atoms with Crippen molar-refractivity contribution in [2.75, 3.05) is 11.9 Å². The number of anilines is 2. The molecule has 0 bridgehead atoms. The van der Waals surface area contributed by atoms with Gasteiger partial charge in [0, 0.05) is 18.3 Å². The summed E-state index contributed by atoms with van der Waals surface area (Å²) in [5, 5.41) is 5.92. The quantitative estimate of drug-likeness (QED) is 0.615. The molecule has 3 aromatic rings. The van der Waals surface area contributed by atoms with Crippen molar-refractivity contribution >= 4 is 23.4 Å². The predicted molar refractivity (Wildman–Crippen MR) is 105 cm³/mol. The molecular formula is C21H20N4O3. The maximum atomic E-state index is 12.3. The van der Waals surface area contributed by atoms with Gasteiger partial charge in [0.05, 0.1) is 12.2 Å². The molecule has 28 heavy (non-hydrogen) atoms. The number of rotatable bonds is 7. The van der Waals surface area contributed by atoms with E-state index in [4.69, 9.17) is 4.74 Å². The minimum atomic E-state index is -0.367. The van der Waals surface area contributed by atoms with Gasteiger partial charge in [0.25, 0.3) is 5.91 Å². The van der Waals surface area contributed by atoms with Crippen LogP contribution in [0.3, 0.4) is 0 Å². The summed E-state index contributed by atoms with van der Waals surface area (Å²) >= 11 is 0. The zero-order valence-electron chi connectivity index (χ0n) is 15.4. The van der Waals surface area contributed by atoms with E-state index in [2.05, 4.69) is 20.6 Å². The van der Waals surface area contributed by atoms with Crippen molar-refractivity contribution in [3.8, 4) is 0 Å². The van der Waals surface area contributed by atoms with Crippen LogP contribution < -0.4 is 10.6 Å². The fourth-order valence-electron chi connectivity index (χ4n) is 2.47. The van der Waals surface area contributed by atoms with Crippen molar-refractivity contribution in [1.29, 1.82) is 0 Å². The SMILES string of the molecule is CCOC(=O)c1ccc(Nc2cc(C(=O)NCc3ccccc3)ncn2)cc1. The van der Waals surface area contributed by atoms with Gasteiger partial charge in [-0.15, -0.1) is 0 Å². The molecule has 7 heteroatoms. The second-order valence-electron chi connectivity index (χ2n) is 5.88. The van der Waals surface area contributed by atoms with Gasteiger partial charge in [-0.25, -0.2) is 14.8 Å². The third-order valence-corrected chi connectivity index (χ3v) is 3.86. The fraction of sp³-hybridized carbons (Fsp3) is 0.143. The average Bonchev–Trinajstić information content (AvgIpc) is 2.73. The van der Waals surface area contributed by atoms with Gasteiger partial charge in [0.1, 0.15) is 17.8 Å². The Morgan fingerprint density at radius 2 is 1.75 bits per heavy atom. The van der Waals surface area contributed by atoms with Crippen LogP contribution in [0, 0.1) is 0 Å². The van der Waals surface area contributed by atoms with Gasteiger partial charge in [-0.05, 0) is 36.8 Å². The molecule has 0 saturated heterocycles. The van der Waals surface area contributed by atoms with E-state index in [9.17, 15) is 9.59 Å². The lowest BCUT2D eigenvalue weighted by molar-refractivity contribution is 0.0526. The summed E-state index contributed by atoms with van der Waals surface area (Å²) in [6, 6.07) is 18.0. The summed E-state index contributed by atoms with van der Waals surface area (Å²) in [5.74, 6) is -0.177. The van der Waals surface area contributed by atoms with Crippen molar-refractivity contribution in [2.24, 2.45) is 0 Å². The first-order chi connectivity index (χ1) is 13.7. The lowest BCUT2D eigenvalue weighted by Crippen LogP contribution is -2.24. The number of nitrogens with one attached hydrogen (secondary N) is 2. The molecule has 1 heterocycles. The molecule has 2 aromatic carbocycles. The van der Waals surface area contributed by atoms with Gasteiger partial charge in [-0.3, -0.25) is 4.79 Å². The molecule has 0 saturated carbocycles. The minimum absolute atomic E-state index is 0.261. The van der Waals surface area contributed by atoms with Crippen molar-refractivity contribution in [1.82, 2.24) is 15.3 Å². The van der Waals surface area contributed by atoms with Crippen LogP contribution in [0.5, 0.6) is 0 Å². The Hall–Kier alpha value is -3.74. The van der Waals surface area contributed by atoms with E-state index in [1.165, 1.54) is 6.33 Å². The Morgan fingerprint density at radius 3 is 2.46 bits per heavy atom. The Labute approximate surface area is 162 Å². The lowest BCUT2D eigenvalue weighted by Gasteiger charge is -2.08. The molecule has 0 radical (unpaired) electrons. The van der Waals surface area contributed by atoms with Gasteiger partial charge in [-0.1, -0.05) is 30.3 Å². The highest BCUT2D eigenvalue weighted by Gasteiger charge is 2.10. The number of esters is 1. The number of hydrogen-bond acceptors (Lipinski definition) is 6. The second kappa shape index (κ2) is 9.27. The number of hydrogen-bond donors (Lipinski definition) is 2. The molecular weight excluding hydrogens is 356 g/mol. The summed E-state index contributed by atoms with van der Waals surface area (Å²) in [4.78, 5) is 32.2. The molecule has 0 atom stereocenters. The van der Waals surface area contributed by atoms with Gasteiger partial charge in [0.2, 0.25) is 0 Å². The largest absolute Gasteiger partial charge is 0.462 e. The number of nitrogens with zero attached hydrogens (tertiary/aromatic N) is 2. The van der Waals surface area contributed by atoms with E-state index in [-0.39, 0.29) is 17.6 Å². The molecule has 0 unspecified atom stereocenters. The molecule has 0 aliphatic carbocycles. The van der Waals surface area contributed by atoms with Gasteiger partial charge in [-0.2, -0.15) is 0 Å². The van der Waals surface area contributed by atoms with Gasteiger partial charge in [0.15, 0.2) is 0 Å². The fourth-order valence-corrected chi connectivity index (χ4v) is 2.47. The summed E-state index contributed by atoms with van der Waals surface area (Å²) in [6.45, 7) is 2.51. The van der Waals surface area contributed by atoms with Crippen LogP contribution in [0.4, 0.5) is 11.5 Å². The number of amides is 1. The Bertz CT molecular complexity index is 943. The van der Waals surface area contributed by atoms with Crippen LogP contribution in [0.1, 0.15) is 33.3 Å². The monoisotopic (exact) mass is 376 g/mol. The smallest absolute Gasteiger partial charge is 0.338 e. The zero-order chi connectivity index (χ0) is 19.8. The zero-order valence-corrected chi connectivity index (χ0v) is 15.4. The summed E-state index contributed by atoms with van der Waals surface area (Å²) in [5.41, 5.74) is 2.46. The number of ether oxygens (including phenoxy) is 1. The third-order valence-electron chi connectivity index (χ3n) is 3.86. The summed E-state index contributed by atoms with van der Waals surface area (Å²) < 4.78 is 4.96. The molecule has 0 spiro atoms. The number of aromatic nitrogens is 2. The van der Waals surface area contributed by atoms with E-state index in [0.29, 0.717) is 24.5 Å². The first kappa shape index (κ1) is 19.0. The van der Waals surface area contributed by atoms with E-state index >= 15 is 0 Å². The van der Waals surface area contributed by atoms with Crippen LogP contribution in [-0.4, -0.2) is 28.5 Å². The molecule has 0 fully saturated rings. The van der Waals surface area contributed by atoms with Crippen molar-refractivity contribution in [2.45, 2.75) is 13.5 Å². The lowest BCUT2D eigenvalue weighted by atomic mass is 10.2. The maximum absolute atomic E-state index is 12.3. The van der Waals surface area contributed by atoms with Crippen molar-refractivity contribution in [3.05, 3.63) is 83.8 Å². The Balaban J connectivity index is 1.62. The minimum Gasteiger partial charge on any atom is -0.462 e. The molecule has 7 nitrogen and oxygen atoms in total. The number of carbonyl (C=O) groups is 2. The average molecular weight is 376 g/mol. The molecule has 1 aromatic heterocycles. The first-order valence-corrected chi connectivity index (χ1v) is 8.84. The standard InChI is InChI=1S/C21H20N4O3/c1-2-28-21(27)16-8-10-17(11-9-16)25-19-12-18(23-14-24-19)20(26)22-13-15-6-4-3-5-7-15/h3-12,14H,2,13H2,1H3,(H,22,26)(H,23,24,25). The van der Waals surface area contributed by atoms with Gasteiger partial charge >= 0.3 is 5.97 Å². The topological polar surface area (TPSA) is 93.2 Å². The molecule has 2 N–H and O–H groups in total. The highest BCUT2D eigenvalue weighted by molar-refractivity contribution is 5.93. The van der Waals surface area contributed by atoms with Crippen LogP contribution >= 0.6 is 0 Å². The van der Waals surface area contributed by atoms with Crippen LogP contribution in [-0.2, 0) is 11.3 Å². The normalized spacial score (nSPS) is 10.2. The highest BCUT2D eigenvalue weighted by Crippen LogP contribution is 2.16. The van der Waals surface area contributed by atoms with Crippen LogP contribution in [0.15, 0.2) is 67.0 Å². The second-order valence-corrected chi connectivity index (χ2v) is 5.88. The van der Waals surface area contributed by atoms with E-state index in [1.807, 2.05) is 30.3 Å². The molecule has 3 rings (SSSR count). The van der Waals surface area contributed by atoms with Crippen molar-refractivity contribution in [3.63, 3.8) is 0 Å². The van der Waals surface area contributed by atoms with Crippen molar-refractivity contribution < 1.29 is 14.3 Å². The summed E-state index contributed by atoms with van der Waals surface area (Å²) in [7, 11) is 0. The molecule has 1 amide bonds. The predicted octanol–water partition coefficient (Wildman–Crippen LogP) is 3.33. The highest BCUT2D eigenvalue weighted by atomic mass is 16.5. The van der Waals surface area contributed by atoms with E-state index in [0.717, 1.165) is 11.3 Å². The maximum Gasteiger partial charge on any atom is 0.338 e. The Morgan fingerprint density at radius 1 is 1.00 bits per heavy atom. The van der Waals surface area contributed by atoms with E-state index in [1.54, 1.807) is 37.3 Å². The first-order valence-electron chi connectivity index (χ1n) is 8.84. The van der Waals surface area contributed by atoms with E-state index < -0.39 is 0 Å². The number of carbonyl (C=O) groups excluding carboxylic acids is 2. The molecule has 142 valence electrons. The van der Waals surface area contributed by atoms with Gasteiger partial charge < -0.3 is 15.4 Å². The number of benzene rings is 2. The van der Waals surface area contributed by atoms with Crippen LogP contribution in [0.2, 0.25) is 0 Å². The molecule has 0 aliphatic heterocycles.